The summed E-state index contributed by atoms with van der Waals surface area (Å²) in [4.78, 5) is 16.5. The Morgan fingerprint density at radius 1 is 1.14 bits per heavy atom. The number of hydrogen-bond donors (Lipinski definition) is 1. The molecule has 1 aliphatic rings. The molecular formula is C21H20Cl2N4O2. The third-order valence-electron chi connectivity index (χ3n) is 4.81. The molecule has 1 N–H and O–H groups in total. The summed E-state index contributed by atoms with van der Waals surface area (Å²) in [5.74, 6) is 0.892. The highest BCUT2D eigenvalue weighted by molar-refractivity contribution is 6.31. The topological polar surface area (TPSA) is 72.5 Å². The molecular weight excluding hydrogens is 411 g/mol. The lowest BCUT2D eigenvalue weighted by Crippen LogP contribution is -2.49. The zero-order valence-corrected chi connectivity index (χ0v) is 17.2. The number of urea groups is 1. The van der Waals surface area contributed by atoms with Gasteiger partial charge in [0.1, 0.15) is 11.3 Å². The molecule has 2 heterocycles. The van der Waals surface area contributed by atoms with E-state index in [0.717, 1.165) is 29.8 Å². The molecule has 1 aliphatic heterocycles. The Morgan fingerprint density at radius 3 is 2.69 bits per heavy atom. The number of nitrogens with one attached hydrogen (secondary N) is 1. The average Bonchev–Trinajstić information content (AvgIpc) is 3.10. The normalized spacial score (nSPS) is 14.3. The minimum Gasteiger partial charge on any atom is -0.460 e. The van der Waals surface area contributed by atoms with E-state index in [4.69, 9.17) is 21.3 Å². The van der Waals surface area contributed by atoms with Crippen LogP contribution < -0.4 is 5.32 Å². The second-order valence-electron chi connectivity index (χ2n) is 6.78. The van der Waals surface area contributed by atoms with Gasteiger partial charge in [-0.2, -0.15) is 5.26 Å². The molecule has 2 amide bonds. The molecule has 1 saturated heterocycles. The van der Waals surface area contributed by atoms with Gasteiger partial charge in [0.25, 0.3) is 0 Å². The van der Waals surface area contributed by atoms with Gasteiger partial charge in [-0.25, -0.2) is 4.79 Å². The minimum atomic E-state index is -0.145. The molecule has 1 fully saturated rings. The summed E-state index contributed by atoms with van der Waals surface area (Å²) in [5.41, 5.74) is 1.99. The number of benzene rings is 2. The molecule has 0 aliphatic carbocycles. The third kappa shape index (κ3) is 5.01. The van der Waals surface area contributed by atoms with Gasteiger partial charge in [-0.3, -0.25) is 4.90 Å². The Labute approximate surface area is 180 Å². The van der Waals surface area contributed by atoms with E-state index in [1.54, 1.807) is 29.2 Å². The number of piperazine rings is 1. The van der Waals surface area contributed by atoms with Crippen LogP contribution in [0.5, 0.6) is 0 Å². The Hall–Kier alpha value is -2.72. The maximum Gasteiger partial charge on any atom is 0.321 e. The second kappa shape index (κ2) is 9.19. The molecule has 150 valence electrons. The van der Waals surface area contributed by atoms with Crippen molar-refractivity contribution >= 4 is 46.7 Å². The van der Waals surface area contributed by atoms with Gasteiger partial charge in [-0.1, -0.05) is 17.7 Å². The number of anilines is 1. The molecule has 4 rings (SSSR count). The van der Waals surface area contributed by atoms with Crippen LogP contribution in [0.3, 0.4) is 0 Å². The van der Waals surface area contributed by atoms with E-state index in [2.05, 4.69) is 16.3 Å². The monoisotopic (exact) mass is 430 g/mol. The summed E-state index contributed by atoms with van der Waals surface area (Å²) in [5, 5.41) is 13.5. The molecule has 2 aromatic carbocycles. The summed E-state index contributed by atoms with van der Waals surface area (Å²) in [7, 11) is 0. The van der Waals surface area contributed by atoms with Crippen LogP contribution >= 0.6 is 24.0 Å². The second-order valence-corrected chi connectivity index (χ2v) is 7.22. The molecule has 0 radical (unpaired) electrons. The van der Waals surface area contributed by atoms with Crippen LogP contribution in [-0.4, -0.2) is 42.0 Å². The van der Waals surface area contributed by atoms with Crippen LogP contribution in [0.1, 0.15) is 11.3 Å². The van der Waals surface area contributed by atoms with Crippen molar-refractivity contribution in [2.75, 3.05) is 31.5 Å². The van der Waals surface area contributed by atoms with E-state index >= 15 is 0 Å². The summed E-state index contributed by atoms with van der Waals surface area (Å²) in [6, 6.07) is 16.5. The molecule has 8 heteroatoms. The van der Waals surface area contributed by atoms with Crippen molar-refractivity contribution in [1.82, 2.24) is 9.80 Å². The van der Waals surface area contributed by atoms with Gasteiger partial charge in [-0.15, -0.1) is 12.4 Å². The van der Waals surface area contributed by atoms with Crippen molar-refractivity contribution in [3.8, 4) is 6.07 Å². The number of hydrogen-bond acceptors (Lipinski definition) is 4. The van der Waals surface area contributed by atoms with Crippen LogP contribution in [0.2, 0.25) is 5.02 Å². The quantitative estimate of drug-likeness (QED) is 0.651. The first kappa shape index (κ1) is 21.0. The van der Waals surface area contributed by atoms with Crippen LogP contribution in [0.15, 0.2) is 52.9 Å². The first-order valence-electron chi connectivity index (χ1n) is 9.07. The van der Waals surface area contributed by atoms with Gasteiger partial charge in [0.15, 0.2) is 0 Å². The van der Waals surface area contributed by atoms with E-state index in [9.17, 15) is 4.79 Å². The Morgan fingerprint density at radius 2 is 1.93 bits per heavy atom. The number of nitrogens with zero attached hydrogens (tertiary/aromatic N) is 3. The maximum absolute atomic E-state index is 12.5. The first-order valence-corrected chi connectivity index (χ1v) is 9.45. The highest BCUT2D eigenvalue weighted by atomic mass is 35.5. The molecule has 0 saturated carbocycles. The Balaban J connectivity index is 0.00000240. The van der Waals surface area contributed by atoms with E-state index in [-0.39, 0.29) is 18.4 Å². The van der Waals surface area contributed by atoms with Crippen LogP contribution in [-0.2, 0) is 6.54 Å². The van der Waals surface area contributed by atoms with Crippen LogP contribution in [0.25, 0.3) is 11.0 Å². The average molecular weight is 431 g/mol. The summed E-state index contributed by atoms with van der Waals surface area (Å²) in [6.07, 6.45) is 0. The molecule has 0 atom stereocenters. The number of fused-ring (bicyclic) bond motifs is 1. The molecule has 1 aromatic heterocycles. The van der Waals surface area contributed by atoms with E-state index < -0.39 is 0 Å². The molecule has 3 aromatic rings. The smallest absolute Gasteiger partial charge is 0.321 e. The van der Waals surface area contributed by atoms with Gasteiger partial charge in [0.2, 0.25) is 0 Å². The van der Waals surface area contributed by atoms with Gasteiger partial charge in [0, 0.05) is 42.3 Å². The lowest BCUT2D eigenvalue weighted by molar-refractivity contribution is 0.137. The highest BCUT2D eigenvalue weighted by Crippen LogP contribution is 2.24. The standard InChI is InChI=1S/C21H19ClN4O2.ClH/c22-17-4-5-20-16(11-17)12-19(28-20)14-25-6-8-26(9-7-25)21(27)24-18-3-1-2-15(10-18)13-23;/h1-5,10-12H,6-9,14H2,(H,24,27);1H. The summed E-state index contributed by atoms with van der Waals surface area (Å²) < 4.78 is 5.88. The predicted octanol–water partition coefficient (Wildman–Crippen LogP) is 4.73. The van der Waals surface area contributed by atoms with Crippen molar-refractivity contribution in [3.63, 3.8) is 0 Å². The Kier molecular flexibility index (Phi) is 6.65. The highest BCUT2D eigenvalue weighted by Gasteiger charge is 2.22. The zero-order chi connectivity index (χ0) is 19.5. The first-order chi connectivity index (χ1) is 13.6. The molecule has 0 unspecified atom stereocenters. The van der Waals surface area contributed by atoms with Gasteiger partial charge in [0.05, 0.1) is 18.2 Å². The van der Waals surface area contributed by atoms with Crippen molar-refractivity contribution in [2.24, 2.45) is 0 Å². The van der Waals surface area contributed by atoms with Crippen molar-refractivity contribution in [3.05, 3.63) is 64.9 Å². The predicted molar refractivity (Wildman–Crippen MR) is 115 cm³/mol. The zero-order valence-electron chi connectivity index (χ0n) is 15.6. The number of halogens is 2. The fourth-order valence-electron chi connectivity index (χ4n) is 3.35. The third-order valence-corrected chi connectivity index (χ3v) is 5.05. The molecule has 0 bridgehead atoms. The van der Waals surface area contributed by atoms with Crippen molar-refractivity contribution in [2.45, 2.75) is 6.54 Å². The van der Waals surface area contributed by atoms with Gasteiger partial charge in [-0.05, 0) is 42.5 Å². The van der Waals surface area contributed by atoms with Crippen molar-refractivity contribution in [1.29, 1.82) is 5.26 Å². The molecule has 0 spiro atoms. The van der Waals surface area contributed by atoms with Crippen LogP contribution in [0.4, 0.5) is 10.5 Å². The number of carbonyl (C=O) groups excluding carboxylic acids is 1. The van der Waals surface area contributed by atoms with E-state index in [1.807, 2.05) is 24.3 Å². The van der Waals surface area contributed by atoms with Gasteiger partial charge >= 0.3 is 6.03 Å². The fourth-order valence-corrected chi connectivity index (χ4v) is 3.53. The summed E-state index contributed by atoms with van der Waals surface area (Å²) >= 11 is 6.03. The van der Waals surface area contributed by atoms with E-state index in [1.165, 1.54) is 0 Å². The largest absolute Gasteiger partial charge is 0.460 e. The molecule has 29 heavy (non-hydrogen) atoms. The SMILES string of the molecule is Cl.N#Cc1cccc(NC(=O)N2CCN(Cc3cc4cc(Cl)ccc4o3)CC2)c1. The van der Waals surface area contributed by atoms with Crippen LogP contribution in [0, 0.1) is 11.3 Å². The lowest BCUT2D eigenvalue weighted by Gasteiger charge is -2.34. The number of amides is 2. The van der Waals surface area contributed by atoms with Crippen molar-refractivity contribution < 1.29 is 9.21 Å². The van der Waals surface area contributed by atoms with E-state index in [0.29, 0.717) is 35.9 Å². The number of rotatable bonds is 3. The number of carbonyl (C=O) groups is 1. The lowest BCUT2D eigenvalue weighted by atomic mass is 10.2. The fraction of sp³-hybridized carbons (Fsp3) is 0.238. The van der Waals surface area contributed by atoms with Gasteiger partial charge < -0.3 is 14.6 Å². The Bertz CT molecular complexity index is 1050. The maximum atomic E-state index is 12.5. The number of nitriles is 1. The summed E-state index contributed by atoms with van der Waals surface area (Å²) in [6.45, 7) is 3.50. The minimum absolute atomic E-state index is 0. The molecule has 6 nitrogen and oxygen atoms in total. The number of furan rings is 1.